The maximum atomic E-state index is 11.6. The van der Waals surface area contributed by atoms with Crippen LogP contribution >= 0.6 is 0 Å². The summed E-state index contributed by atoms with van der Waals surface area (Å²) in [4.78, 5) is 20.3. The third-order valence-corrected chi connectivity index (χ3v) is 4.13. The average Bonchev–Trinajstić information content (AvgIpc) is 3.01. The predicted molar refractivity (Wildman–Crippen MR) is 91.0 cm³/mol. The summed E-state index contributed by atoms with van der Waals surface area (Å²) >= 11 is 0. The van der Waals surface area contributed by atoms with Crippen LogP contribution in [-0.2, 0) is 6.42 Å². The number of allylic oxidation sites excluding steroid dienone is 1. The van der Waals surface area contributed by atoms with Crippen molar-refractivity contribution < 1.29 is 4.79 Å². The van der Waals surface area contributed by atoms with Crippen LogP contribution in [0.15, 0.2) is 42.5 Å². The standard InChI is InChI=1S/C19H15N3O/c1-11-5-8-16-15(9-11)17(22-19(21-16)18(20)23)14-7-6-12-3-2-4-13(12)10-14/h2,4-10H,3H2,1H3,(H2,20,23). The zero-order valence-corrected chi connectivity index (χ0v) is 12.7. The monoisotopic (exact) mass is 301 g/mol. The molecule has 23 heavy (non-hydrogen) atoms. The van der Waals surface area contributed by atoms with Crippen molar-refractivity contribution in [3.8, 4) is 11.3 Å². The minimum absolute atomic E-state index is 0.0485. The molecule has 4 rings (SSSR count). The van der Waals surface area contributed by atoms with Crippen LogP contribution in [0.1, 0.15) is 27.3 Å². The molecule has 0 radical (unpaired) electrons. The second kappa shape index (κ2) is 5.02. The van der Waals surface area contributed by atoms with E-state index in [2.05, 4.69) is 34.3 Å². The van der Waals surface area contributed by atoms with Crippen molar-refractivity contribution in [3.63, 3.8) is 0 Å². The first-order chi connectivity index (χ1) is 11.1. The number of carbonyl (C=O) groups excluding carboxylic acids is 1. The number of rotatable bonds is 2. The number of amides is 1. The van der Waals surface area contributed by atoms with E-state index < -0.39 is 5.91 Å². The van der Waals surface area contributed by atoms with Gasteiger partial charge in [0.15, 0.2) is 0 Å². The van der Waals surface area contributed by atoms with Gasteiger partial charge in [0.05, 0.1) is 11.2 Å². The first kappa shape index (κ1) is 13.6. The summed E-state index contributed by atoms with van der Waals surface area (Å²) < 4.78 is 0. The van der Waals surface area contributed by atoms with Gasteiger partial charge in [-0.15, -0.1) is 0 Å². The summed E-state index contributed by atoms with van der Waals surface area (Å²) in [5, 5.41) is 0.928. The lowest BCUT2D eigenvalue weighted by Gasteiger charge is -2.10. The molecule has 3 aromatic rings. The van der Waals surface area contributed by atoms with Gasteiger partial charge in [-0.1, -0.05) is 35.9 Å². The summed E-state index contributed by atoms with van der Waals surface area (Å²) in [6.45, 7) is 2.02. The Morgan fingerprint density at radius 2 is 2.00 bits per heavy atom. The molecule has 1 amide bonds. The van der Waals surface area contributed by atoms with E-state index >= 15 is 0 Å². The van der Waals surface area contributed by atoms with Crippen molar-refractivity contribution in [1.82, 2.24) is 9.97 Å². The van der Waals surface area contributed by atoms with E-state index in [9.17, 15) is 4.79 Å². The average molecular weight is 301 g/mol. The van der Waals surface area contributed by atoms with Gasteiger partial charge in [-0.05, 0) is 42.7 Å². The Balaban J connectivity index is 2.02. The quantitative estimate of drug-likeness (QED) is 0.789. The SMILES string of the molecule is Cc1ccc2nc(C(N)=O)nc(-c3ccc4c(c3)C=CC4)c2c1. The molecule has 1 aliphatic rings. The van der Waals surface area contributed by atoms with Gasteiger partial charge >= 0.3 is 0 Å². The molecule has 0 saturated carbocycles. The highest BCUT2D eigenvalue weighted by molar-refractivity contribution is 5.97. The number of nitrogens with zero attached hydrogens (tertiary/aromatic N) is 2. The van der Waals surface area contributed by atoms with E-state index in [0.717, 1.165) is 34.1 Å². The van der Waals surface area contributed by atoms with Gasteiger partial charge in [-0.3, -0.25) is 4.79 Å². The largest absolute Gasteiger partial charge is 0.363 e. The molecule has 1 aromatic heterocycles. The van der Waals surface area contributed by atoms with Gasteiger partial charge in [0, 0.05) is 10.9 Å². The fraction of sp³-hybridized carbons (Fsp3) is 0.105. The minimum atomic E-state index is -0.616. The van der Waals surface area contributed by atoms with Gasteiger partial charge in [-0.25, -0.2) is 9.97 Å². The highest BCUT2D eigenvalue weighted by atomic mass is 16.1. The fourth-order valence-corrected chi connectivity index (χ4v) is 2.97. The van der Waals surface area contributed by atoms with E-state index in [0.29, 0.717) is 0 Å². The molecule has 0 unspecified atom stereocenters. The molecule has 0 fully saturated rings. The lowest BCUT2D eigenvalue weighted by atomic mass is 10.0. The fourth-order valence-electron chi connectivity index (χ4n) is 2.97. The molecular formula is C19H15N3O. The number of hydrogen-bond acceptors (Lipinski definition) is 3. The predicted octanol–water partition coefficient (Wildman–Crippen LogP) is 3.27. The Kier molecular flexibility index (Phi) is 2.98. The Bertz CT molecular complexity index is 989. The van der Waals surface area contributed by atoms with Gasteiger partial charge in [0.1, 0.15) is 0 Å². The Morgan fingerprint density at radius 1 is 1.13 bits per heavy atom. The summed E-state index contributed by atoms with van der Waals surface area (Å²) in [5.74, 6) is -0.567. The van der Waals surface area contributed by atoms with Crippen molar-refractivity contribution >= 4 is 22.9 Å². The van der Waals surface area contributed by atoms with E-state index in [1.54, 1.807) is 0 Å². The van der Waals surface area contributed by atoms with Crippen molar-refractivity contribution in [3.05, 3.63) is 65.0 Å². The molecular weight excluding hydrogens is 286 g/mol. The third-order valence-electron chi connectivity index (χ3n) is 4.13. The lowest BCUT2D eigenvalue weighted by molar-refractivity contribution is 0.0991. The Labute approximate surface area is 133 Å². The number of benzene rings is 2. The van der Waals surface area contributed by atoms with Gasteiger partial charge < -0.3 is 5.73 Å². The van der Waals surface area contributed by atoms with Crippen LogP contribution in [0.5, 0.6) is 0 Å². The molecule has 2 N–H and O–H groups in total. The first-order valence-electron chi connectivity index (χ1n) is 7.50. The van der Waals surface area contributed by atoms with E-state index in [1.165, 1.54) is 11.1 Å². The topological polar surface area (TPSA) is 68.9 Å². The number of hydrogen-bond donors (Lipinski definition) is 1. The summed E-state index contributed by atoms with van der Waals surface area (Å²) in [6, 6.07) is 12.2. The second-order valence-electron chi connectivity index (χ2n) is 5.80. The minimum Gasteiger partial charge on any atom is -0.363 e. The maximum Gasteiger partial charge on any atom is 0.286 e. The molecule has 0 spiro atoms. The maximum absolute atomic E-state index is 11.6. The molecule has 0 atom stereocenters. The summed E-state index contributed by atoms with van der Waals surface area (Å²) in [7, 11) is 0. The van der Waals surface area contributed by atoms with E-state index in [4.69, 9.17) is 5.73 Å². The van der Waals surface area contributed by atoms with Crippen molar-refractivity contribution in [2.45, 2.75) is 13.3 Å². The Hall–Kier alpha value is -3.01. The van der Waals surface area contributed by atoms with Gasteiger partial charge in [0.25, 0.3) is 5.91 Å². The van der Waals surface area contributed by atoms with Crippen molar-refractivity contribution in [2.75, 3.05) is 0 Å². The van der Waals surface area contributed by atoms with Crippen LogP contribution in [0, 0.1) is 6.92 Å². The van der Waals surface area contributed by atoms with Crippen LogP contribution in [0.2, 0.25) is 0 Å². The highest BCUT2D eigenvalue weighted by Gasteiger charge is 2.15. The van der Waals surface area contributed by atoms with Crippen molar-refractivity contribution in [2.24, 2.45) is 5.73 Å². The molecule has 1 aliphatic carbocycles. The van der Waals surface area contributed by atoms with E-state index in [-0.39, 0.29) is 5.82 Å². The number of carbonyl (C=O) groups is 1. The molecule has 112 valence electrons. The molecule has 0 bridgehead atoms. The van der Waals surface area contributed by atoms with E-state index in [1.807, 2.05) is 31.2 Å². The van der Waals surface area contributed by atoms with Crippen LogP contribution in [0.25, 0.3) is 28.2 Å². The third kappa shape index (κ3) is 2.28. The first-order valence-corrected chi connectivity index (χ1v) is 7.50. The number of primary amides is 1. The van der Waals surface area contributed by atoms with Crippen LogP contribution < -0.4 is 5.73 Å². The molecule has 2 aromatic carbocycles. The van der Waals surface area contributed by atoms with Crippen molar-refractivity contribution in [1.29, 1.82) is 0 Å². The summed E-state index contributed by atoms with van der Waals surface area (Å²) in [6.07, 6.45) is 5.22. The highest BCUT2D eigenvalue weighted by Crippen LogP contribution is 2.30. The molecule has 0 aliphatic heterocycles. The van der Waals surface area contributed by atoms with Crippen LogP contribution in [0.3, 0.4) is 0 Å². The molecule has 1 heterocycles. The Morgan fingerprint density at radius 3 is 2.83 bits per heavy atom. The number of aryl methyl sites for hydroxylation is 1. The summed E-state index contributed by atoms with van der Waals surface area (Å²) in [5.41, 5.74) is 11.5. The van der Waals surface area contributed by atoms with Crippen LogP contribution in [-0.4, -0.2) is 15.9 Å². The normalized spacial score (nSPS) is 12.6. The smallest absolute Gasteiger partial charge is 0.286 e. The molecule has 0 saturated heterocycles. The van der Waals surface area contributed by atoms with Gasteiger partial charge in [-0.2, -0.15) is 0 Å². The number of nitrogens with two attached hydrogens (primary N) is 1. The zero-order valence-electron chi connectivity index (χ0n) is 12.7. The number of fused-ring (bicyclic) bond motifs is 2. The number of aromatic nitrogens is 2. The molecule has 4 nitrogen and oxygen atoms in total. The molecule has 4 heteroatoms. The van der Waals surface area contributed by atoms with Gasteiger partial charge in [0.2, 0.25) is 5.82 Å². The zero-order chi connectivity index (χ0) is 16.0. The lowest BCUT2D eigenvalue weighted by Crippen LogP contribution is -2.16. The van der Waals surface area contributed by atoms with Crippen LogP contribution in [0.4, 0.5) is 0 Å². The second-order valence-corrected chi connectivity index (χ2v) is 5.80.